The molecule has 0 saturated heterocycles. The van der Waals surface area contributed by atoms with Crippen molar-refractivity contribution in [1.29, 1.82) is 0 Å². The van der Waals surface area contributed by atoms with Crippen LogP contribution in [0.1, 0.15) is 11.1 Å². The number of hydrogen-bond donors (Lipinski definition) is 4. The normalized spacial score (nSPS) is 12.3. The molecule has 0 aliphatic heterocycles. The minimum atomic E-state index is -4.07. The smallest absolute Gasteiger partial charge is 0.329 e. The Morgan fingerprint density at radius 1 is 1.22 bits per heavy atom. The largest absolute Gasteiger partial charge is 0.494 e. The first-order valence-corrected chi connectivity index (χ1v) is 8.55. The summed E-state index contributed by atoms with van der Waals surface area (Å²) >= 11 is 0. The number of aromatic hydroxyl groups is 1. The number of H-pyrrole nitrogens is 1. The van der Waals surface area contributed by atoms with E-state index in [0.29, 0.717) is 22.5 Å². The highest BCUT2D eigenvalue weighted by Crippen LogP contribution is 2.39. The van der Waals surface area contributed by atoms with Gasteiger partial charge in [0.1, 0.15) is 5.65 Å². The molecule has 2 heterocycles. The highest BCUT2D eigenvalue weighted by Gasteiger charge is 2.13. The molecule has 0 bridgehead atoms. The molecular formula is C15H14N3O4P. The van der Waals surface area contributed by atoms with E-state index in [0.717, 1.165) is 5.39 Å². The van der Waals surface area contributed by atoms with Gasteiger partial charge in [0.05, 0.1) is 17.4 Å². The van der Waals surface area contributed by atoms with Crippen LogP contribution >= 0.6 is 7.60 Å². The summed E-state index contributed by atoms with van der Waals surface area (Å²) in [6.07, 6.45) is 2.85. The number of fused-ring (bicyclic) bond motifs is 1. The number of aromatic amines is 1. The minimum absolute atomic E-state index is 0.0134. The van der Waals surface area contributed by atoms with E-state index in [4.69, 9.17) is 9.79 Å². The second kappa shape index (κ2) is 5.96. The van der Waals surface area contributed by atoms with Crippen LogP contribution in [-0.2, 0) is 10.7 Å². The van der Waals surface area contributed by atoms with Crippen molar-refractivity contribution in [1.82, 2.24) is 9.97 Å². The number of nitrogens with zero attached hydrogens (tertiary/aromatic N) is 2. The van der Waals surface area contributed by atoms with E-state index in [1.807, 2.05) is 6.07 Å². The number of rotatable bonds is 4. The Balaban J connectivity index is 1.85. The van der Waals surface area contributed by atoms with Crippen LogP contribution < -0.4 is 0 Å². The third-order valence-corrected chi connectivity index (χ3v) is 4.03. The van der Waals surface area contributed by atoms with Crippen LogP contribution in [-0.4, -0.2) is 31.1 Å². The van der Waals surface area contributed by atoms with Crippen LogP contribution in [0.4, 0.5) is 5.69 Å². The van der Waals surface area contributed by atoms with Crippen LogP contribution in [0, 0.1) is 0 Å². The van der Waals surface area contributed by atoms with Crippen molar-refractivity contribution in [2.24, 2.45) is 4.99 Å². The maximum atomic E-state index is 11.0. The summed E-state index contributed by atoms with van der Waals surface area (Å²) in [6, 6.07) is 10.1. The van der Waals surface area contributed by atoms with Crippen molar-refractivity contribution in [2.75, 3.05) is 0 Å². The van der Waals surface area contributed by atoms with Crippen LogP contribution in [0.15, 0.2) is 47.6 Å². The monoisotopic (exact) mass is 331 g/mol. The molecule has 4 N–H and O–H groups in total. The van der Waals surface area contributed by atoms with Gasteiger partial charge in [0.2, 0.25) is 0 Å². The number of aliphatic imine (C=N–C) groups is 1. The van der Waals surface area contributed by atoms with Gasteiger partial charge in [0.25, 0.3) is 0 Å². The van der Waals surface area contributed by atoms with E-state index < -0.39 is 7.60 Å². The molecular weight excluding hydrogens is 317 g/mol. The molecule has 0 fully saturated rings. The second-order valence-corrected chi connectivity index (χ2v) is 6.68. The average Bonchev–Trinajstić information content (AvgIpc) is 2.80. The van der Waals surface area contributed by atoms with Crippen molar-refractivity contribution in [3.05, 3.63) is 53.7 Å². The lowest BCUT2D eigenvalue weighted by atomic mass is 10.2. The molecule has 0 radical (unpaired) electrons. The standard InChI is InChI=1S/C15H14N3O4P/c19-15-13(12-2-1-7-16-14(12)18-15)8-17-11-5-3-10(4-6-11)9-23(20,21)22/h1-8,19H,9H2,(H,16,18)(H2,20,21,22). The maximum absolute atomic E-state index is 11.0. The van der Waals surface area contributed by atoms with Crippen LogP contribution in [0.25, 0.3) is 11.0 Å². The molecule has 0 atom stereocenters. The molecule has 0 spiro atoms. The van der Waals surface area contributed by atoms with Gasteiger partial charge < -0.3 is 19.9 Å². The number of aromatic nitrogens is 2. The molecule has 3 rings (SSSR count). The van der Waals surface area contributed by atoms with E-state index in [-0.39, 0.29) is 12.0 Å². The topological polar surface area (TPSA) is 119 Å². The summed E-state index contributed by atoms with van der Waals surface area (Å²) in [6.45, 7) is 0. The number of pyridine rings is 1. The maximum Gasteiger partial charge on any atom is 0.329 e. The highest BCUT2D eigenvalue weighted by atomic mass is 31.2. The summed E-state index contributed by atoms with van der Waals surface area (Å²) in [4.78, 5) is 29.0. The molecule has 23 heavy (non-hydrogen) atoms. The molecule has 3 aromatic rings. The van der Waals surface area contributed by atoms with Gasteiger partial charge in [-0.3, -0.25) is 9.56 Å². The van der Waals surface area contributed by atoms with Gasteiger partial charge in [-0.25, -0.2) is 4.98 Å². The Bertz CT molecular complexity index is 912. The summed E-state index contributed by atoms with van der Waals surface area (Å²) in [5.41, 5.74) is 2.25. The predicted octanol–water partition coefficient (Wildman–Crippen LogP) is 2.70. The van der Waals surface area contributed by atoms with Gasteiger partial charge in [-0.2, -0.15) is 0 Å². The molecule has 2 aromatic heterocycles. The Hall–Kier alpha value is -2.47. The second-order valence-electron chi connectivity index (χ2n) is 5.03. The fourth-order valence-corrected chi connectivity index (χ4v) is 2.91. The van der Waals surface area contributed by atoms with Gasteiger partial charge in [-0.15, -0.1) is 0 Å². The SMILES string of the molecule is O=P(O)(O)Cc1ccc(N=Cc2c(O)[nH]c3ncccc23)cc1. The van der Waals surface area contributed by atoms with Crippen molar-refractivity contribution in [2.45, 2.75) is 6.16 Å². The molecule has 8 heteroatoms. The van der Waals surface area contributed by atoms with Crippen molar-refractivity contribution in [3.63, 3.8) is 0 Å². The van der Waals surface area contributed by atoms with Gasteiger partial charge in [0.15, 0.2) is 5.88 Å². The number of hydrogen-bond acceptors (Lipinski definition) is 4. The molecule has 118 valence electrons. The Labute approximate surface area is 131 Å². The molecule has 0 unspecified atom stereocenters. The van der Waals surface area contributed by atoms with Crippen LogP contribution in [0.5, 0.6) is 5.88 Å². The van der Waals surface area contributed by atoms with E-state index in [2.05, 4.69) is 15.0 Å². The Morgan fingerprint density at radius 2 is 1.96 bits per heavy atom. The summed E-state index contributed by atoms with van der Waals surface area (Å²) < 4.78 is 11.0. The first-order valence-electron chi connectivity index (χ1n) is 6.75. The number of nitrogens with one attached hydrogen (secondary N) is 1. The first kappa shape index (κ1) is 15.4. The van der Waals surface area contributed by atoms with Gasteiger partial charge in [-0.05, 0) is 29.8 Å². The zero-order valence-electron chi connectivity index (χ0n) is 11.9. The van der Waals surface area contributed by atoms with E-state index in [1.54, 1.807) is 36.5 Å². The Kier molecular flexibility index (Phi) is 4.00. The minimum Gasteiger partial charge on any atom is -0.494 e. The van der Waals surface area contributed by atoms with E-state index >= 15 is 0 Å². The Morgan fingerprint density at radius 3 is 2.65 bits per heavy atom. The molecule has 1 aromatic carbocycles. The van der Waals surface area contributed by atoms with Crippen molar-refractivity contribution < 1.29 is 19.5 Å². The van der Waals surface area contributed by atoms with Crippen molar-refractivity contribution in [3.8, 4) is 5.88 Å². The van der Waals surface area contributed by atoms with Gasteiger partial charge in [-0.1, -0.05) is 12.1 Å². The van der Waals surface area contributed by atoms with Gasteiger partial charge >= 0.3 is 7.60 Å². The van der Waals surface area contributed by atoms with E-state index in [1.165, 1.54) is 6.21 Å². The third kappa shape index (κ3) is 3.65. The fourth-order valence-electron chi connectivity index (χ4n) is 2.22. The van der Waals surface area contributed by atoms with Gasteiger partial charge in [0, 0.05) is 17.8 Å². The quantitative estimate of drug-likeness (QED) is 0.433. The molecule has 0 amide bonds. The molecule has 0 saturated carbocycles. The third-order valence-electron chi connectivity index (χ3n) is 3.26. The summed E-state index contributed by atoms with van der Waals surface area (Å²) in [7, 11) is -4.07. The molecule has 7 nitrogen and oxygen atoms in total. The van der Waals surface area contributed by atoms with E-state index in [9.17, 15) is 9.67 Å². The lowest BCUT2D eigenvalue weighted by Gasteiger charge is -2.03. The van der Waals surface area contributed by atoms with Crippen molar-refractivity contribution >= 4 is 30.5 Å². The summed E-state index contributed by atoms with van der Waals surface area (Å²) in [5.74, 6) is -0.0134. The zero-order valence-corrected chi connectivity index (χ0v) is 12.8. The molecule has 0 aliphatic carbocycles. The van der Waals surface area contributed by atoms with Crippen LogP contribution in [0.2, 0.25) is 0 Å². The lowest BCUT2D eigenvalue weighted by molar-refractivity contribution is 0.371. The molecule has 0 aliphatic rings. The zero-order chi connectivity index (χ0) is 16.4. The number of benzene rings is 1. The van der Waals surface area contributed by atoms with Crippen LogP contribution in [0.3, 0.4) is 0 Å². The highest BCUT2D eigenvalue weighted by molar-refractivity contribution is 7.50. The summed E-state index contributed by atoms with van der Waals surface area (Å²) in [5, 5.41) is 10.7. The first-order chi connectivity index (χ1) is 10.9. The lowest BCUT2D eigenvalue weighted by Crippen LogP contribution is -1.86. The average molecular weight is 331 g/mol. The fraction of sp³-hybridized carbons (Fsp3) is 0.0667. The predicted molar refractivity (Wildman–Crippen MR) is 87.2 cm³/mol.